The number of unbranched alkanes of at least 4 members (excludes halogenated alkanes) is 26. The van der Waals surface area contributed by atoms with Gasteiger partial charge in [0.05, 0.1) is 0 Å². The topological polar surface area (TPSA) is 82.3 Å². The lowest BCUT2D eigenvalue weighted by Gasteiger charge is -2.08. The monoisotopic (exact) mass is 651 g/mol. The Kier molecular flexibility index (Phi) is 39.0. The molecular weight excluding hydrogens is 568 g/mol. The number of amides is 2. The fourth-order valence-electron chi connectivity index (χ4n) is 6.10. The molecule has 6 heteroatoms. The fourth-order valence-corrected chi connectivity index (χ4v) is 6.10. The third-order valence-corrected chi connectivity index (χ3v) is 9.24. The van der Waals surface area contributed by atoms with Crippen LogP contribution >= 0.6 is 0 Å². The summed E-state index contributed by atoms with van der Waals surface area (Å²) in [6.07, 6.45) is 39.0. The molecule has 0 atom stereocenters. The molecule has 0 aliphatic carbocycles. The van der Waals surface area contributed by atoms with Crippen LogP contribution in [0.25, 0.3) is 0 Å². The van der Waals surface area contributed by atoms with Crippen LogP contribution in [-0.2, 0) is 9.59 Å². The Hall–Kier alpha value is -1.14. The summed E-state index contributed by atoms with van der Waals surface area (Å²) >= 11 is 0. The molecule has 0 aromatic rings. The molecule has 0 spiro atoms. The standard InChI is InChI=1S/C40H82N4O2/c1-3-5-7-9-11-13-15-17-19-21-23-25-27-29-33-43-39(45)31-35-41-37-38-42-36-32-40(46)44-34-30-28-26-24-22-20-18-16-14-12-10-8-6-4-2/h41-42H,3-38H2,1-2H3,(H,43,45)(H,44,46). The first-order valence-corrected chi connectivity index (χ1v) is 20.7. The molecule has 0 aromatic carbocycles. The van der Waals surface area contributed by atoms with Crippen molar-refractivity contribution in [1.29, 1.82) is 0 Å². The van der Waals surface area contributed by atoms with Crippen LogP contribution in [0, 0.1) is 0 Å². The van der Waals surface area contributed by atoms with E-state index in [-0.39, 0.29) is 11.8 Å². The molecule has 0 unspecified atom stereocenters. The number of carbonyl (C=O) groups is 2. The van der Waals surface area contributed by atoms with E-state index in [1.807, 2.05) is 0 Å². The number of carbonyl (C=O) groups excluding carboxylic acids is 2. The van der Waals surface area contributed by atoms with Crippen LogP contribution in [0.4, 0.5) is 0 Å². The van der Waals surface area contributed by atoms with E-state index in [9.17, 15) is 9.59 Å². The molecule has 0 saturated heterocycles. The second-order valence-electron chi connectivity index (χ2n) is 13.9. The maximum atomic E-state index is 12.0. The Balaban J connectivity index is 3.24. The molecule has 2 amide bonds. The lowest BCUT2D eigenvalue weighted by Crippen LogP contribution is -2.33. The van der Waals surface area contributed by atoms with Crippen molar-refractivity contribution in [2.24, 2.45) is 0 Å². The molecule has 274 valence electrons. The second-order valence-corrected chi connectivity index (χ2v) is 13.9. The van der Waals surface area contributed by atoms with Crippen molar-refractivity contribution in [3.05, 3.63) is 0 Å². The van der Waals surface area contributed by atoms with Crippen LogP contribution < -0.4 is 21.3 Å². The van der Waals surface area contributed by atoms with Gasteiger partial charge >= 0.3 is 0 Å². The third-order valence-electron chi connectivity index (χ3n) is 9.24. The minimum Gasteiger partial charge on any atom is -0.356 e. The lowest BCUT2D eigenvalue weighted by atomic mass is 10.0. The summed E-state index contributed by atoms with van der Waals surface area (Å²) < 4.78 is 0. The van der Waals surface area contributed by atoms with Crippen molar-refractivity contribution in [3.8, 4) is 0 Å². The highest BCUT2D eigenvalue weighted by Gasteiger charge is 2.02. The Morgan fingerprint density at radius 3 is 0.804 bits per heavy atom. The Morgan fingerprint density at radius 1 is 0.304 bits per heavy atom. The number of hydrogen-bond acceptors (Lipinski definition) is 4. The summed E-state index contributed by atoms with van der Waals surface area (Å²) in [4.78, 5) is 24.1. The van der Waals surface area contributed by atoms with E-state index in [4.69, 9.17) is 0 Å². The summed E-state index contributed by atoms with van der Waals surface area (Å²) in [5.41, 5.74) is 0. The van der Waals surface area contributed by atoms with E-state index in [1.54, 1.807) is 0 Å². The Morgan fingerprint density at radius 2 is 0.543 bits per heavy atom. The number of hydrogen-bond donors (Lipinski definition) is 4. The van der Waals surface area contributed by atoms with E-state index < -0.39 is 0 Å². The highest BCUT2D eigenvalue weighted by molar-refractivity contribution is 5.76. The summed E-state index contributed by atoms with van der Waals surface area (Å²) in [6.45, 7) is 9.20. The highest BCUT2D eigenvalue weighted by atomic mass is 16.2. The van der Waals surface area contributed by atoms with Crippen LogP contribution in [0.1, 0.15) is 206 Å². The molecule has 0 radical (unpaired) electrons. The van der Waals surface area contributed by atoms with Gasteiger partial charge in [-0.15, -0.1) is 0 Å². The zero-order valence-corrected chi connectivity index (χ0v) is 31.3. The van der Waals surface area contributed by atoms with E-state index in [0.29, 0.717) is 25.9 Å². The van der Waals surface area contributed by atoms with Gasteiger partial charge in [0.2, 0.25) is 11.8 Å². The van der Waals surface area contributed by atoms with Gasteiger partial charge < -0.3 is 21.3 Å². The minimum absolute atomic E-state index is 0.144. The smallest absolute Gasteiger partial charge is 0.221 e. The van der Waals surface area contributed by atoms with Crippen molar-refractivity contribution < 1.29 is 9.59 Å². The molecule has 46 heavy (non-hydrogen) atoms. The molecular formula is C40H82N4O2. The summed E-state index contributed by atoms with van der Waals surface area (Å²) in [6, 6.07) is 0. The summed E-state index contributed by atoms with van der Waals surface area (Å²) in [5.74, 6) is 0.288. The maximum absolute atomic E-state index is 12.0. The van der Waals surface area contributed by atoms with Crippen LogP contribution in [0.3, 0.4) is 0 Å². The first-order chi connectivity index (χ1) is 22.7. The van der Waals surface area contributed by atoms with Crippen molar-refractivity contribution in [3.63, 3.8) is 0 Å². The highest BCUT2D eigenvalue weighted by Crippen LogP contribution is 2.14. The molecule has 4 N–H and O–H groups in total. The first-order valence-electron chi connectivity index (χ1n) is 20.7. The molecule has 0 aliphatic rings. The first kappa shape index (κ1) is 44.9. The minimum atomic E-state index is 0.144. The number of nitrogens with one attached hydrogen (secondary N) is 4. The largest absolute Gasteiger partial charge is 0.356 e. The Bertz CT molecular complexity index is 564. The van der Waals surface area contributed by atoms with Gasteiger partial charge in [0.15, 0.2) is 0 Å². The predicted molar refractivity (Wildman–Crippen MR) is 202 cm³/mol. The van der Waals surface area contributed by atoms with E-state index in [2.05, 4.69) is 35.1 Å². The van der Waals surface area contributed by atoms with Gasteiger partial charge in [0.25, 0.3) is 0 Å². The quantitative estimate of drug-likeness (QED) is 0.0499. The van der Waals surface area contributed by atoms with Gasteiger partial charge in [0, 0.05) is 52.1 Å². The molecule has 0 aromatic heterocycles. The average molecular weight is 651 g/mol. The fraction of sp³-hybridized carbons (Fsp3) is 0.950. The molecule has 0 rings (SSSR count). The summed E-state index contributed by atoms with van der Waals surface area (Å²) in [7, 11) is 0. The Labute approximate surface area is 287 Å². The van der Waals surface area contributed by atoms with Gasteiger partial charge in [-0.1, -0.05) is 181 Å². The van der Waals surface area contributed by atoms with Crippen LogP contribution in [-0.4, -0.2) is 51.1 Å². The predicted octanol–water partition coefficient (Wildman–Crippen LogP) is 10.1. The van der Waals surface area contributed by atoms with Crippen LogP contribution in [0.2, 0.25) is 0 Å². The van der Waals surface area contributed by atoms with Gasteiger partial charge in [0.1, 0.15) is 0 Å². The normalized spacial score (nSPS) is 11.3. The molecule has 0 heterocycles. The number of rotatable bonds is 39. The van der Waals surface area contributed by atoms with Gasteiger partial charge in [-0.05, 0) is 12.8 Å². The van der Waals surface area contributed by atoms with Crippen molar-refractivity contribution in [2.45, 2.75) is 206 Å². The van der Waals surface area contributed by atoms with Gasteiger partial charge in [-0.2, -0.15) is 0 Å². The van der Waals surface area contributed by atoms with Gasteiger partial charge in [-0.25, -0.2) is 0 Å². The SMILES string of the molecule is CCCCCCCCCCCCCCCCNC(=O)CCNCCNCCC(=O)NCCCCCCCCCCCCCCCC. The average Bonchev–Trinajstić information content (AvgIpc) is 3.05. The van der Waals surface area contributed by atoms with E-state index in [1.165, 1.54) is 167 Å². The second kappa shape index (κ2) is 40.0. The van der Waals surface area contributed by atoms with Crippen LogP contribution in [0.5, 0.6) is 0 Å². The third kappa shape index (κ3) is 39.0. The zero-order chi connectivity index (χ0) is 33.4. The molecule has 6 nitrogen and oxygen atoms in total. The molecule has 0 saturated carbocycles. The maximum Gasteiger partial charge on any atom is 0.221 e. The zero-order valence-electron chi connectivity index (χ0n) is 31.3. The van der Waals surface area contributed by atoms with Crippen molar-refractivity contribution in [2.75, 3.05) is 39.3 Å². The summed E-state index contributed by atoms with van der Waals surface area (Å²) in [5, 5.41) is 12.8. The molecule has 0 aliphatic heterocycles. The molecule has 0 fully saturated rings. The van der Waals surface area contributed by atoms with E-state index >= 15 is 0 Å². The van der Waals surface area contributed by atoms with Gasteiger partial charge in [-0.3, -0.25) is 9.59 Å². The van der Waals surface area contributed by atoms with Crippen molar-refractivity contribution >= 4 is 11.8 Å². The molecule has 0 bridgehead atoms. The van der Waals surface area contributed by atoms with Crippen LogP contribution in [0.15, 0.2) is 0 Å². The van der Waals surface area contributed by atoms with Crippen molar-refractivity contribution in [1.82, 2.24) is 21.3 Å². The van der Waals surface area contributed by atoms with E-state index in [0.717, 1.165) is 39.0 Å². The lowest BCUT2D eigenvalue weighted by molar-refractivity contribution is -0.121.